The van der Waals surface area contributed by atoms with Gasteiger partial charge in [-0.05, 0) is 31.0 Å². The Kier molecular flexibility index (Phi) is 5.39. The molecule has 2 aromatic rings. The number of furan rings is 1. The van der Waals surface area contributed by atoms with E-state index in [1.807, 2.05) is 0 Å². The lowest BCUT2D eigenvalue weighted by Crippen LogP contribution is -2.46. The van der Waals surface area contributed by atoms with Crippen LogP contribution in [0, 0.1) is 10.1 Å². The minimum atomic E-state index is -0.561. The third-order valence-electron chi connectivity index (χ3n) is 4.49. The van der Waals surface area contributed by atoms with Crippen LogP contribution in [0.2, 0.25) is 0 Å². The summed E-state index contributed by atoms with van der Waals surface area (Å²) in [6, 6.07) is 7.02. The predicted molar refractivity (Wildman–Crippen MR) is 94.7 cm³/mol. The maximum atomic E-state index is 12.6. The van der Waals surface area contributed by atoms with Gasteiger partial charge in [-0.2, -0.15) is 0 Å². The summed E-state index contributed by atoms with van der Waals surface area (Å²) in [6.45, 7) is 0.965. The third kappa shape index (κ3) is 4.08. The summed E-state index contributed by atoms with van der Waals surface area (Å²) in [5.74, 6) is -0.0566. The van der Waals surface area contributed by atoms with Gasteiger partial charge < -0.3 is 19.4 Å². The normalized spacial score (nSPS) is 14.6. The number of benzene rings is 1. The van der Waals surface area contributed by atoms with Crippen LogP contribution in [0.1, 0.15) is 33.8 Å². The number of carbonyl (C=O) groups excluding carboxylic acids is 2. The number of rotatable bonds is 5. The van der Waals surface area contributed by atoms with Crippen LogP contribution in [0.4, 0.5) is 5.69 Å². The fourth-order valence-corrected chi connectivity index (χ4v) is 3.03. The highest BCUT2D eigenvalue weighted by atomic mass is 16.6. The molecule has 0 unspecified atom stereocenters. The van der Waals surface area contributed by atoms with Gasteiger partial charge in [0.1, 0.15) is 5.75 Å². The van der Waals surface area contributed by atoms with Crippen molar-refractivity contribution >= 4 is 17.5 Å². The molecule has 0 spiro atoms. The van der Waals surface area contributed by atoms with Gasteiger partial charge in [0.2, 0.25) is 0 Å². The topological polar surface area (TPSA) is 115 Å². The molecule has 2 amide bonds. The molecule has 27 heavy (non-hydrogen) atoms. The van der Waals surface area contributed by atoms with Crippen LogP contribution in [-0.2, 0) is 0 Å². The fourth-order valence-electron chi connectivity index (χ4n) is 3.03. The summed E-state index contributed by atoms with van der Waals surface area (Å²) in [4.78, 5) is 36.9. The van der Waals surface area contributed by atoms with Crippen molar-refractivity contribution in [3.8, 4) is 5.75 Å². The number of nitrogens with zero attached hydrogens (tertiary/aromatic N) is 2. The highest BCUT2D eigenvalue weighted by Gasteiger charge is 2.27. The van der Waals surface area contributed by atoms with Crippen molar-refractivity contribution in [2.45, 2.75) is 18.9 Å². The first-order valence-electron chi connectivity index (χ1n) is 8.45. The Labute approximate surface area is 155 Å². The predicted octanol–water partition coefficient (Wildman–Crippen LogP) is 2.23. The standard InChI is InChI=1S/C18H19N3O6/c1-26-15-5-4-13(21(24)25)11-14(15)17(22)19-12-6-8-20(9-7-12)18(23)16-3-2-10-27-16/h2-5,10-12H,6-9H2,1H3,(H,19,22). The van der Waals surface area contributed by atoms with Gasteiger partial charge in [0.05, 0.1) is 23.9 Å². The first kappa shape index (κ1) is 18.4. The maximum Gasteiger partial charge on any atom is 0.289 e. The Hall–Kier alpha value is -3.36. The molecule has 0 atom stereocenters. The molecule has 1 aliphatic rings. The molecule has 0 bridgehead atoms. The molecule has 0 saturated carbocycles. The Morgan fingerprint density at radius 3 is 2.63 bits per heavy atom. The number of piperidine rings is 1. The van der Waals surface area contributed by atoms with E-state index in [4.69, 9.17) is 9.15 Å². The van der Waals surface area contributed by atoms with Gasteiger partial charge in [0, 0.05) is 31.3 Å². The molecule has 1 aromatic carbocycles. The van der Waals surface area contributed by atoms with E-state index >= 15 is 0 Å². The number of amides is 2. The Balaban J connectivity index is 1.62. The first-order valence-corrected chi connectivity index (χ1v) is 8.45. The lowest BCUT2D eigenvalue weighted by Gasteiger charge is -2.32. The van der Waals surface area contributed by atoms with Gasteiger partial charge in [-0.25, -0.2) is 0 Å². The minimum absolute atomic E-state index is 0.112. The van der Waals surface area contributed by atoms with E-state index in [-0.39, 0.29) is 28.9 Å². The van der Waals surface area contributed by atoms with Crippen molar-refractivity contribution in [1.82, 2.24) is 10.2 Å². The highest BCUT2D eigenvalue weighted by Crippen LogP contribution is 2.24. The molecule has 0 radical (unpaired) electrons. The summed E-state index contributed by atoms with van der Waals surface area (Å²) < 4.78 is 10.3. The second kappa shape index (κ2) is 7.90. The van der Waals surface area contributed by atoms with Gasteiger partial charge in [-0.15, -0.1) is 0 Å². The van der Waals surface area contributed by atoms with Gasteiger partial charge in [-0.3, -0.25) is 19.7 Å². The maximum absolute atomic E-state index is 12.6. The largest absolute Gasteiger partial charge is 0.496 e. The summed E-state index contributed by atoms with van der Waals surface area (Å²) in [6.07, 6.45) is 2.61. The first-order chi connectivity index (χ1) is 13.0. The number of likely N-dealkylation sites (tertiary alicyclic amines) is 1. The molecule has 0 aliphatic carbocycles. The van der Waals surface area contributed by atoms with Gasteiger partial charge in [0.15, 0.2) is 5.76 Å². The fraction of sp³-hybridized carbons (Fsp3) is 0.333. The zero-order valence-corrected chi connectivity index (χ0v) is 14.7. The van der Waals surface area contributed by atoms with Gasteiger partial charge in [-0.1, -0.05) is 0 Å². The van der Waals surface area contributed by atoms with Crippen molar-refractivity contribution in [3.05, 3.63) is 58.0 Å². The average Bonchev–Trinajstić information content (AvgIpc) is 3.22. The monoisotopic (exact) mass is 373 g/mol. The van der Waals surface area contributed by atoms with E-state index in [1.165, 1.54) is 31.6 Å². The minimum Gasteiger partial charge on any atom is -0.496 e. The molecule has 1 saturated heterocycles. The summed E-state index contributed by atoms with van der Waals surface area (Å²) >= 11 is 0. The highest BCUT2D eigenvalue weighted by molar-refractivity contribution is 5.97. The van der Waals surface area contributed by atoms with Crippen LogP contribution in [0.15, 0.2) is 41.0 Å². The van der Waals surface area contributed by atoms with Crippen LogP contribution in [-0.4, -0.2) is 47.9 Å². The molecule has 3 rings (SSSR count). The second-order valence-corrected chi connectivity index (χ2v) is 6.16. The van der Waals surface area contributed by atoms with Gasteiger partial charge in [0.25, 0.3) is 17.5 Å². The molecule has 1 aliphatic heterocycles. The molecule has 9 nitrogen and oxygen atoms in total. The lowest BCUT2D eigenvalue weighted by atomic mass is 10.0. The van der Waals surface area contributed by atoms with E-state index in [1.54, 1.807) is 17.0 Å². The number of methoxy groups -OCH3 is 1. The Morgan fingerprint density at radius 2 is 2.04 bits per heavy atom. The molecule has 9 heteroatoms. The van der Waals surface area contributed by atoms with Crippen LogP contribution < -0.4 is 10.1 Å². The van der Waals surface area contributed by atoms with Crippen molar-refractivity contribution in [1.29, 1.82) is 0 Å². The van der Waals surface area contributed by atoms with E-state index in [0.717, 1.165) is 0 Å². The smallest absolute Gasteiger partial charge is 0.289 e. The van der Waals surface area contributed by atoms with Crippen molar-refractivity contribution in [3.63, 3.8) is 0 Å². The van der Waals surface area contributed by atoms with Crippen LogP contribution in [0.3, 0.4) is 0 Å². The van der Waals surface area contributed by atoms with Crippen LogP contribution in [0.25, 0.3) is 0 Å². The summed E-state index contributed by atoms with van der Waals surface area (Å²) in [5.41, 5.74) is -0.0689. The van der Waals surface area contributed by atoms with Crippen LogP contribution >= 0.6 is 0 Å². The van der Waals surface area contributed by atoms with Gasteiger partial charge >= 0.3 is 0 Å². The SMILES string of the molecule is COc1ccc([N+](=O)[O-])cc1C(=O)NC1CCN(C(=O)c2ccco2)CC1. The molecule has 1 N–H and O–H groups in total. The summed E-state index contributed by atoms with van der Waals surface area (Å²) in [7, 11) is 1.40. The van der Waals surface area contributed by atoms with Crippen molar-refractivity contribution in [2.75, 3.05) is 20.2 Å². The zero-order chi connectivity index (χ0) is 19.4. The van der Waals surface area contributed by atoms with E-state index in [0.29, 0.717) is 31.7 Å². The third-order valence-corrected chi connectivity index (χ3v) is 4.49. The quantitative estimate of drug-likeness (QED) is 0.635. The number of ether oxygens (including phenoxy) is 1. The number of hydrogen-bond donors (Lipinski definition) is 1. The zero-order valence-electron chi connectivity index (χ0n) is 14.7. The lowest BCUT2D eigenvalue weighted by molar-refractivity contribution is -0.384. The van der Waals surface area contributed by atoms with E-state index in [2.05, 4.69) is 5.32 Å². The molecular formula is C18H19N3O6. The number of nitrogens with one attached hydrogen (secondary N) is 1. The molecule has 1 aromatic heterocycles. The molecule has 142 valence electrons. The van der Waals surface area contributed by atoms with Crippen LogP contribution in [0.5, 0.6) is 5.75 Å². The number of nitro benzene ring substituents is 1. The summed E-state index contributed by atoms with van der Waals surface area (Å²) in [5, 5.41) is 13.8. The Bertz CT molecular complexity index is 841. The number of hydrogen-bond acceptors (Lipinski definition) is 6. The van der Waals surface area contributed by atoms with E-state index in [9.17, 15) is 19.7 Å². The number of carbonyl (C=O) groups is 2. The molecule has 2 heterocycles. The number of non-ortho nitro benzene ring substituents is 1. The van der Waals surface area contributed by atoms with E-state index < -0.39 is 10.8 Å². The average molecular weight is 373 g/mol. The number of nitro groups is 1. The second-order valence-electron chi connectivity index (χ2n) is 6.16. The molecular weight excluding hydrogens is 354 g/mol. The molecule has 1 fully saturated rings. The Morgan fingerprint density at radius 1 is 1.30 bits per heavy atom. The van der Waals surface area contributed by atoms with Crippen molar-refractivity contribution in [2.24, 2.45) is 0 Å². The van der Waals surface area contributed by atoms with Crippen molar-refractivity contribution < 1.29 is 23.7 Å².